The lowest BCUT2D eigenvalue weighted by Gasteiger charge is -2.13. The van der Waals surface area contributed by atoms with E-state index in [1.165, 1.54) is 0 Å². The molecule has 18 heavy (non-hydrogen) atoms. The van der Waals surface area contributed by atoms with Gasteiger partial charge in [0.2, 0.25) is 0 Å². The van der Waals surface area contributed by atoms with Crippen LogP contribution >= 0.6 is 31.9 Å². The second kappa shape index (κ2) is 8.39. The van der Waals surface area contributed by atoms with E-state index in [1.807, 2.05) is 12.1 Å². The molecule has 1 aromatic carbocycles. The van der Waals surface area contributed by atoms with Gasteiger partial charge in [-0.25, -0.2) is 0 Å². The summed E-state index contributed by atoms with van der Waals surface area (Å²) in [6.07, 6.45) is 2.30. The number of benzene rings is 1. The molecular weight excluding hydrogens is 362 g/mol. The zero-order valence-electron chi connectivity index (χ0n) is 10.2. The molecule has 0 radical (unpaired) electrons. The first kappa shape index (κ1) is 15.3. The lowest BCUT2D eigenvalue weighted by Crippen LogP contribution is -2.00. The van der Waals surface area contributed by atoms with Gasteiger partial charge in [0.05, 0.1) is 24.3 Å². The van der Waals surface area contributed by atoms with E-state index in [0.717, 1.165) is 39.7 Å². The van der Waals surface area contributed by atoms with Crippen molar-refractivity contribution in [2.75, 3.05) is 13.7 Å². The lowest BCUT2D eigenvalue weighted by molar-refractivity contribution is 0.285. The molecule has 0 aromatic heterocycles. The highest BCUT2D eigenvalue weighted by Crippen LogP contribution is 2.37. The topological polar surface area (TPSA) is 42.2 Å². The Labute approximate surface area is 124 Å². The normalized spacial score (nSPS) is 9.89. The van der Waals surface area contributed by atoms with Gasteiger partial charge in [-0.2, -0.15) is 5.26 Å². The largest absolute Gasteiger partial charge is 0.493 e. The minimum Gasteiger partial charge on any atom is -0.493 e. The van der Waals surface area contributed by atoms with Crippen LogP contribution in [-0.2, 0) is 5.33 Å². The summed E-state index contributed by atoms with van der Waals surface area (Å²) < 4.78 is 11.9. The Morgan fingerprint density at radius 3 is 2.72 bits per heavy atom. The van der Waals surface area contributed by atoms with Gasteiger partial charge < -0.3 is 9.47 Å². The van der Waals surface area contributed by atoms with E-state index >= 15 is 0 Å². The number of alkyl halides is 1. The molecule has 0 saturated heterocycles. The number of nitriles is 1. The first-order valence-electron chi connectivity index (χ1n) is 5.65. The van der Waals surface area contributed by atoms with Crippen molar-refractivity contribution >= 4 is 31.9 Å². The zero-order valence-corrected chi connectivity index (χ0v) is 13.4. The van der Waals surface area contributed by atoms with Gasteiger partial charge in [0, 0.05) is 11.8 Å². The standard InChI is InChI=1S/C13H15Br2NO2/c1-17-12-8-10(9-14)7-11(15)13(12)18-6-4-2-3-5-16/h7-8H,2-4,6,9H2,1H3. The van der Waals surface area contributed by atoms with Gasteiger partial charge in [-0.15, -0.1) is 0 Å². The second-order valence-electron chi connectivity index (χ2n) is 3.71. The number of rotatable bonds is 7. The van der Waals surface area contributed by atoms with E-state index in [0.29, 0.717) is 13.0 Å². The molecule has 1 rings (SSSR count). The molecule has 0 saturated carbocycles. The number of methoxy groups -OCH3 is 1. The van der Waals surface area contributed by atoms with Crippen LogP contribution in [0, 0.1) is 11.3 Å². The van der Waals surface area contributed by atoms with Crippen molar-refractivity contribution in [1.82, 2.24) is 0 Å². The maximum absolute atomic E-state index is 8.44. The minimum atomic E-state index is 0.574. The highest BCUT2D eigenvalue weighted by molar-refractivity contribution is 9.10. The van der Waals surface area contributed by atoms with Gasteiger partial charge in [-0.05, 0) is 46.5 Å². The monoisotopic (exact) mass is 375 g/mol. The predicted molar refractivity (Wildman–Crippen MR) is 78.3 cm³/mol. The van der Waals surface area contributed by atoms with Crippen LogP contribution in [0.25, 0.3) is 0 Å². The van der Waals surface area contributed by atoms with Crippen LogP contribution < -0.4 is 9.47 Å². The molecule has 0 aliphatic carbocycles. The first-order valence-corrected chi connectivity index (χ1v) is 7.56. The minimum absolute atomic E-state index is 0.574. The lowest BCUT2D eigenvalue weighted by atomic mass is 10.2. The molecule has 3 nitrogen and oxygen atoms in total. The van der Waals surface area contributed by atoms with Crippen LogP contribution in [0.15, 0.2) is 16.6 Å². The maximum Gasteiger partial charge on any atom is 0.175 e. The number of ether oxygens (including phenoxy) is 2. The van der Waals surface area contributed by atoms with Gasteiger partial charge in [0.25, 0.3) is 0 Å². The SMILES string of the molecule is COc1cc(CBr)cc(Br)c1OCCCCC#N. The van der Waals surface area contributed by atoms with E-state index < -0.39 is 0 Å². The molecule has 0 fully saturated rings. The van der Waals surface area contributed by atoms with Crippen molar-refractivity contribution in [2.24, 2.45) is 0 Å². The fourth-order valence-electron chi connectivity index (χ4n) is 1.47. The average molecular weight is 377 g/mol. The van der Waals surface area contributed by atoms with Gasteiger partial charge in [0.15, 0.2) is 11.5 Å². The molecule has 5 heteroatoms. The average Bonchev–Trinajstić information content (AvgIpc) is 2.39. The molecule has 1 aromatic rings. The van der Waals surface area contributed by atoms with E-state index in [4.69, 9.17) is 14.7 Å². The van der Waals surface area contributed by atoms with E-state index in [9.17, 15) is 0 Å². The molecule has 0 spiro atoms. The van der Waals surface area contributed by atoms with Crippen molar-refractivity contribution in [3.8, 4) is 17.6 Å². The van der Waals surface area contributed by atoms with Crippen LogP contribution in [0.3, 0.4) is 0 Å². The number of unbranched alkanes of at least 4 members (excludes halogenated alkanes) is 2. The zero-order chi connectivity index (χ0) is 13.4. The molecule has 0 N–H and O–H groups in total. The van der Waals surface area contributed by atoms with Crippen LogP contribution in [0.1, 0.15) is 24.8 Å². The Kier molecular flexibility index (Phi) is 7.14. The summed E-state index contributed by atoms with van der Waals surface area (Å²) in [5.74, 6) is 1.44. The summed E-state index contributed by atoms with van der Waals surface area (Å²) >= 11 is 6.90. The predicted octanol–water partition coefficient (Wildman–Crippen LogP) is 4.43. The Hall–Kier alpha value is -0.730. The van der Waals surface area contributed by atoms with Gasteiger partial charge in [-0.3, -0.25) is 0 Å². The Morgan fingerprint density at radius 1 is 1.33 bits per heavy atom. The summed E-state index contributed by atoms with van der Waals surface area (Å²) in [7, 11) is 1.63. The van der Waals surface area contributed by atoms with Crippen molar-refractivity contribution < 1.29 is 9.47 Å². The van der Waals surface area contributed by atoms with Crippen LogP contribution in [0.5, 0.6) is 11.5 Å². The van der Waals surface area contributed by atoms with Crippen molar-refractivity contribution in [3.05, 3.63) is 22.2 Å². The third-order valence-corrected chi connectivity index (χ3v) is 3.61. The van der Waals surface area contributed by atoms with Crippen LogP contribution in [0.2, 0.25) is 0 Å². The summed E-state index contributed by atoms with van der Waals surface area (Å²) in [4.78, 5) is 0. The molecule has 0 bridgehead atoms. The van der Waals surface area contributed by atoms with E-state index in [2.05, 4.69) is 37.9 Å². The first-order chi connectivity index (χ1) is 8.72. The smallest absolute Gasteiger partial charge is 0.175 e. The summed E-state index contributed by atoms with van der Waals surface area (Å²) in [5.41, 5.74) is 1.12. The fraction of sp³-hybridized carbons (Fsp3) is 0.462. The number of halogens is 2. The van der Waals surface area contributed by atoms with Crippen molar-refractivity contribution in [1.29, 1.82) is 5.26 Å². The van der Waals surface area contributed by atoms with E-state index in [-0.39, 0.29) is 0 Å². The summed E-state index contributed by atoms with van der Waals surface area (Å²) in [6.45, 7) is 0.588. The van der Waals surface area contributed by atoms with E-state index in [1.54, 1.807) is 7.11 Å². The van der Waals surface area contributed by atoms with Crippen LogP contribution in [-0.4, -0.2) is 13.7 Å². The Morgan fingerprint density at radius 2 is 2.11 bits per heavy atom. The molecule has 0 atom stereocenters. The molecule has 0 aliphatic heterocycles. The summed E-state index contributed by atoms with van der Waals surface area (Å²) in [5, 5.41) is 9.21. The van der Waals surface area contributed by atoms with Gasteiger partial charge >= 0.3 is 0 Å². The fourth-order valence-corrected chi connectivity index (χ4v) is 2.40. The molecule has 0 unspecified atom stereocenters. The third kappa shape index (κ3) is 4.51. The van der Waals surface area contributed by atoms with Crippen molar-refractivity contribution in [2.45, 2.75) is 24.6 Å². The third-order valence-electron chi connectivity index (χ3n) is 2.37. The van der Waals surface area contributed by atoms with Crippen LogP contribution in [0.4, 0.5) is 0 Å². The molecule has 98 valence electrons. The van der Waals surface area contributed by atoms with Crippen molar-refractivity contribution in [3.63, 3.8) is 0 Å². The maximum atomic E-state index is 8.44. The van der Waals surface area contributed by atoms with Gasteiger partial charge in [-0.1, -0.05) is 15.9 Å². The Balaban J connectivity index is 2.67. The highest BCUT2D eigenvalue weighted by Gasteiger charge is 2.11. The molecule has 0 amide bonds. The Bertz CT molecular complexity index is 430. The molecular formula is C13H15Br2NO2. The summed E-state index contributed by atoms with van der Waals surface area (Å²) in [6, 6.07) is 6.07. The number of hydrogen-bond donors (Lipinski definition) is 0. The van der Waals surface area contributed by atoms with Gasteiger partial charge in [0.1, 0.15) is 0 Å². The highest BCUT2D eigenvalue weighted by atomic mass is 79.9. The quantitative estimate of drug-likeness (QED) is 0.522. The number of hydrogen-bond acceptors (Lipinski definition) is 3. The number of nitrogens with zero attached hydrogens (tertiary/aromatic N) is 1. The molecule has 0 heterocycles. The second-order valence-corrected chi connectivity index (χ2v) is 5.12. The molecule has 0 aliphatic rings.